The molecule has 25 heavy (non-hydrogen) atoms. The molecule has 0 radical (unpaired) electrons. The summed E-state index contributed by atoms with van der Waals surface area (Å²) in [7, 11) is 0. The average molecular weight is 460 g/mol. The quantitative estimate of drug-likeness (QED) is 0.387. The van der Waals surface area contributed by atoms with Crippen molar-refractivity contribution in [3.8, 4) is 0 Å². The molecule has 1 amide bonds. The van der Waals surface area contributed by atoms with Crippen LogP contribution in [0.25, 0.3) is 10.2 Å². The van der Waals surface area contributed by atoms with Crippen molar-refractivity contribution >= 4 is 55.2 Å². The second-order valence-electron chi connectivity index (χ2n) is 5.41. The number of para-hydroxylation sites is 1. The van der Waals surface area contributed by atoms with E-state index in [0.717, 1.165) is 19.5 Å². The number of halogens is 1. The molecule has 4 rings (SSSR count). The molecule has 0 bridgehead atoms. The minimum Gasteiger partial charge on any atom is -0.467 e. The summed E-state index contributed by atoms with van der Waals surface area (Å²) in [6.45, 7) is 0.344. The Morgan fingerprint density at radius 3 is 2.64 bits per heavy atom. The smallest absolute Gasteiger partial charge is 0.261 e. The van der Waals surface area contributed by atoms with Gasteiger partial charge in [-0.2, -0.15) is 0 Å². The molecule has 0 saturated carbocycles. The monoisotopic (exact) mass is 460 g/mol. The molecule has 0 spiro atoms. The summed E-state index contributed by atoms with van der Waals surface area (Å²) in [5.41, 5.74) is 1.55. The summed E-state index contributed by atoms with van der Waals surface area (Å²) >= 11 is 3.69. The first-order valence-corrected chi connectivity index (χ1v) is 9.56. The normalized spacial score (nSPS) is 10.9. The number of anilines is 1. The molecule has 2 heterocycles. The fraction of sp³-hybridized carbons (Fsp3) is 0.0526. The number of rotatable bonds is 4. The number of carbonyl (C=O) groups is 1. The molecule has 124 valence electrons. The van der Waals surface area contributed by atoms with Crippen molar-refractivity contribution in [3.63, 3.8) is 0 Å². The first-order chi connectivity index (χ1) is 12.2. The highest BCUT2D eigenvalue weighted by molar-refractivity contribution is 14.1. The summed E-state index contributed by atoms with van der Waals surface area (Å²) in [5, 5.41) is 0.669. The number of fused-ring (bicyclic) bond motifs is 1. The second-order valence-corrected chi connectivity index (χ2v) is 7.59. The Morgan fingerprint density at radius 1 is 1.08 bits per heavy atom. The lowest BCUT2D eigenvalue weighted by atomic mass is 10.2. The van der Waals surface area contributed by atoms with Crippen molar-refractivity contribution in [2.24, 2.45) is 0 Å². The van der Waals surface area contributed by atoms with E-state index in [9.17, 15) is 4.79 Å². The fourth-order valence-electron chi connectivity index (χ4n) is 2.54. The molecule has 2 aromatic carbocycles. The van der Waals surface area contributed by atoms with Crippen LogP contribution in [0.3, 0.4) is 0 Å². The first kappa shape index (κ1) is 16.3. The number of thiazole rings is 1. The summed E-state index contributed by atoms with van der Waals surface area (Å²) in [4.78, 5) is 19.5. The van der Waals surface area contributed by atoms with Gasteiger partial charge < -0.3 is 4.42 Å². The van der Waals surface area contributed by atoms with Crippen LogP contribution in [-0.4, -0.2) is 10.9 Å². The van der Waals surface area contributed by atoms with Gasteiger partial charge in [-0.15, -0.1) is 0 Å². The molecule has 0 saturated heterocycles. The number of carbonyl (C=O) groups excluding carboxylic acids is 1. The van der Waals surface area contributed by atoms with Crippen LogP contribution in [0, 0.1) is 3.57 Å². The fourth-order valence-corrected chi connectivity index (χ4v) is 4.12. The van der Waals surface area contributed by atoms with E-state index in [1.54, 1.807) is 11.2 Å². The third kappa shape index (κ3) is 3.32. The average Bonchev–Trinajstić information content (AvgIpc) is 3.28. The summed E-state index contributed by atoms with van der Waals surface area (Å²) in [6.07, 6.45) is 1.61. The van der Waals surface area contributed by atoms with E-state index < -0.39 is 0 Å². The van der Waals surface area contributed by atoms with Crippen LogP contribution in [-0.2, 0) is 6.54 Å². The zero-order chi connectivity index (χ0) is 17.2. The number of hydrogen-bond acceptors (Lipinski definition) is 4. The Balaban J connectivity index is 1.78. The number of amides is 1. The van der Waals surface area contributed by atoms with Crippen LogP contribution in [0.15, 0.2) is 71.3 Å². The van der Waals surface area contributed by atoms with Gasteiger partial charge in [0.2, 0.25) is 0 Å². The van der Waals surface area contributed by atoms with E-state index in [4.69, 9.17) is 4.42 Å². The Labute approximate surface area is 162 Å². The minimum atomic E-state index is -0.0829. The number of furan rings is 1. The predicted molar refractivity (Wildman–Crippen MR) is 108 cm³/mol. The van der Waals surface area contributed by atoms with E-state index in [1.807, 2.05) is 60.7 Å². The third-order valence-electron chi connectivity index (χ3n) is 3.76. The van der Waals surface area contributed by atoms with Gasteiger partial charge in [-0.25, -0.2) is 4.98 Å². The Morgan fingerprint density at radius 2 is 1.88 bits per heavy atom. The molecular formula is C19H13IN2O2S. The van der Waals surface area contributed by atoms with Gasteiger partial charge in [0.15, 0.2) is 5.13 Å². The van der Waals surface area contributed by atoms with E-state index >= 15 is 0 Å². The zero-order valence-corrected chi connectivity index (χ0v) is 16.0. The Kier molecular flexibility index (Phi) is 4.54. The zero-order valence-electron chi connectivity index (χ0n) is 13.1. The molecule has 4 nitrogen and oxygen atoms in total. The van der Waals surface area contributed by atoms with Crippen molar-refractivity contribution < 1.29 is 9.21 Å². The third-order valence-corrected chi connectivity index (χ3v) is 5.76. The lowest BCUT2D eigenvalue weighted by Crippen LogP contribution is -2.30. The molecule has 0 unspecified atom stereocenters. The van der Waals surface area contributed by atoms with Gasteiger partial charge in [-0.05, 0) is 59.0 Å². The molecule has 0 aliphatic carbocycles. The molecule has 0 aliphatic heterocycles. The molecule has 0 atom stereocenters. The summed E-state index contributed by atoms with van der Waals surface area (Å²) in [6, 6.07) is 19.1. The lowest BCUT2D eigenvalue weighted by molar-refractivity contribution is 0.0982. The van der Waals surface area contributed by atoms with E-state index in [-0.39, 0.29) is 5.91 Å². The Bertz CT molecular complexity index is 994. The van der Waals surface area contributed by atoms with Gasteiger partial charge in [0.25, 0.3) is 5.91 Å². The molecule has 6 heteroatoms. The lowest BCUT2D eigenvalue weighted by Gasteiger charge is -2.19. The number of hydrogen-bond donors (Lipinski definition) is 0. The largest absolute Gasteiger partial charge is 0.467 e. The molecule has 4 aromatic rings. The van der Waals surface area contributed by atoms with Gasteiger partial charge in [0.1, 0.15) is 5.76 Å². The van der Waals surface area contributed by atoms with Gasteiger partial charge in [0, 0.05) is 3.57 Å². The van der Waals surface area contributed by atoms with Crippen molar-refractivity contribution in [1.82, 2.24) is 4.98 Å². The van der Waals surface area contributed by atoms with Crippen molar-refractivity contribution in [1.29, 1.82) is 0 Å². The van der Waals surface area contributed by atoms with Crippen LogP contribution < -0.4 is 4.90 Å². The van der Waals surface area contributed by atoms with Crippen LogP contribution in [0.5, 0.6) is 0 Å². The number of nitrogens with zero attached hydrogens (tertiary/aromatic N) is 2. The molecule has 0 fully saturated rings. The standard InChI is InChI=1S/C19H13IN2O2S/c20-15-8-2-1-7-14(15)18(23)22(12-13-6-5-11-24-13)19-21-16-9-3-4-10-17(16)25-19/h1-11H,12H2. The van der Waals surface area contributed by atoms with Crippen LogP contribution in [0.2, 0.25) is 0 Å². The van der Waals surface area contributed by atoms with Gasteiger partial charge >= 0.3 is 0 Å². The second kappa shape index (κ2) is 6.97. The maximum atomic E-state index is 13.2. The van der Waals surface area contributed by atoms with Crippen molar-refractivity contribution in [2.45, 2.75) is 6.54 Å². The van der Waals surface area contributed by atoms with Crippen molar-refractivity contribution in [3.05, 3.63) is 81.8 Å². The summed E-state index contributed by atoms with van der Waals surface area (Å²) < 4.78 is 7.42. The van der Waals surface area contributed by atoms with Crippen LogP contribution in [0.1, 0.15) is 16.1 Å². The Hall–Kier alpha value is -2.19. The highest BCUT2D eigenvalue weighted by Crippen LogP contribution is 2.31. The van der Waals surface area contributed by atoms with Crippen LogP contribution in [0.4, 0.5) is 5.13 Å². The SMILES string of the molecule is O=C(c1ccccc1I)N(Cc1ccco1)c1nc2ccccc2s1. The molecular weight excluding hydrogens is 447 g/mol. The minimum absolute atomic E-state index is 0.0829. The van der Waals surface area contributed by atoms with E-state index in [1.165, 1.54) is 11.3 Å². The molecule has 0 aliphatic rings. The van der Waals surface area contributed by atoms with E-state index in [2.05, 4.69) is 27.6 Å². The first-order valence-electron chi connectivity index (χ1n) is 7.67. The highest BCUT2D eigenvalue weighted by Gasteiger charge is 2.24. The predicted octanol–water partition coefficient (Wildman–Crippen LogP) is 5.34. The van der Waals surface area contributed by atoms with Gasteiger partial charge in [-0.1, -0.05) is 35.6 Å². The van der Waals surface area contributed by atoms with Gasteiger partial charge in [0.05, 0.1) is 28.6 Å². The summed E-state index contributed by atoms with van der Waals surface area (Å²) in [5.74, 6) is 0.638. The van der Waals surface area contributed by atoms with E-state index in [0.29, 0.717) is 17.2 Å². The topological polar surface area (TPSA) is 46.3 Å². The number of benzene rings is 2. The maximum Gasteiger partial charge on any atom is 0.261 e. The molecule has 0 N–H and O–H groups in total. The van der Waals surface area contributed by atoms with Crippen LogP contribution >= 0.6 is 33.9 Å². The molecule has 2 aromatic heterocycles. The number of aromatic nitrogens is 1. The van der Waals surface area contributed by atoms with Crippen molar-refractivity contribution in [2.75, 3.05) is 4.90 Å². The highest BCUT2D eigenvalue weighted by atomic mass is 127. The van der Waals surface area contributed by atoms with Gasteiger partial charge in [-0.3, -0.25) is 9.69 Å². The maximum absolute atomic E-state index is 13.2.